The van der Waals surface area contributed by atoms with E-state index in [1.54, 1.807) is 0 Å². The smallest absolute Gasteiger partial charge is 0.340 e. The number of hydrogen-bond donors (Lipinski definition) is 1. The third-order valence-electron chi connectivity index (χ3n) is 2.74. The van der Waals surface area contributed by atoms with Gasteiger partial charge in [0.25, 0.3) is 0 Å². The maximum absolute atomic E-state index is 12.1. The van der Waals surface area contributed by atoms with Crippen LogP contribution < -0.4 is 15.2 Å². The van der Waals surface area contributed by atoms with Crippen LogP contribution in [0.25, 0.3) is 0 Å². The van der Waals surface area contributed by atoms with E-state index in [9.17, 15) is 4.79 Å². The molecule has 0 spiro atoms. The van der Waals surface area contributed by atoms with Crippen LogP contribution in [0.5, 0.6) is 11.5 Å². The molecule has 112 valence electrons. The van der Waals surface area contributed by atoms with Crippen molar-refractivity contribution in [1.29, 1.82) is 0 Å². The predicted molar refractivity (Wildman–Crippen MR) is 85.1 cm³/mol. The molecule has 0 saturated carbocycles. The zero-order valence-electron chi connectivity index (χ0n) is 11.5. The standard InChI is InChI=1S/C14H14BrNO4S/c1-18-12-4-10(11(16)5-13(12)19-2)14(17)20-6-9-3-8(15)7-21-9/h3-5,7H,6,16H2,1-2H3. The summed E-state index contributed by atoms with van der Waals surface area (Å²) >= 11 is 4.85. The molecule has 0 aliphatic heterocycles. The van der Waals surface area contributed by atoms with Gasteiger partial charge in [-0.1, -0.05) is 0 Å². The molecule has 7 heteroatoms. The molecule has 2 aromatic rings. The van der Waals surface area contributed by atoms with E-state index in [-0.39, 0.29) is 17.9 Å². The molecule has 0 amide bonds. The van der Waals surface area contributed by atoms with Gasteiger partial charge in [-0.05, 0) is 22.0 Å². The minimum absolute atomic E-state index is 0.197. The Morgan fingerprint density at radius 2 is 1.90 bits per heavy atom. The first-order valence-electron chi connectivity index (χ1n) is 5.96. The molecule has 0 aliphatic rings. The number of nitrogen functional groups attached to an aromatic ring is 1. The summed E-state index contributed by atoms with van der Waals surface area (Å²) in [6.07, 6.45) is 0. The zero-order valence-corrected chi connectivity index (χ0v) is 13.9. The van der Waals surface area contributed by atoms with Crippen molar-refractivity contribution in [1.82, 2.24) is 0 Å². The Morgan fingerprint density at radius 3 is 2.48 bits per heavy atom. The Labute approximate surface area is 134 Å². The zero-order chi connectivity index (χ0) is 15.4. The van der Waals surface area contributed by atoms with Gasteiger partial charge in [0, 0.05) is 26.9 Å². The van der Waals surface area contributed by atoms with Gasteiger partial charge in [-0.25, -0.2) is 4.79 Å². The molecule has 1 aromatic carbocycles. The van der Waals surface area contributed by atoms with Gasteiger partial charge in [0.2, 0.25) is 0 Å². The number of nitrogens with two attached hydrogens (primary N) is 1. The van der Waals surface area contributed by atoms with E-state index in [2.05, 4.69) is 15.9 Å². The van der Waals surface area contributed by atoms with E-state index in [1.807, 2.05) is 11.4 Å². The molecule has 0 saturated heterocycles. The summed E-state index contributed by atoms with van der Waals surface area (Å²) in [5.74, 6) is 0.393. The SMILES string of the molecule is COc1cc(N)c(C(=O)OCc2cc(Br)cs2)cc1OC. The lowest BCUT2D eigenvalue weighted by atomic mass is 10.1. The molecule has 0 bridgehead atoms. The molecular weight excluding hydrogens is 358 g/mol. The molecule has 2 N–H and O–H groups in total. The van der Waals surface area contributed by atoms with Crippen molar-refractivity contribution >= 4 is 38.9 Å². The van der Waals surface area contributed by atoms with Crippen LogP contribution in [-0.2, 0) is 11.3 Å². The lowest BCUT2D eigenvalue weighted by Crippen LogP contribution is -2.09. The number of thiophene rings is 1. The summed E-state index contributed by atoms with van der Waals surface area (Å²) < 4.78 is 16.5. The molecular formula is C14H14BrNO4S. The lowest BCUT2D eigenvalue weighted by molar-refractivity contribution is 0.0477. The number of anilines is 1. The number of hydrogen-bond acceptors (Lipinski definition) is 6. The van der Waals surface area contributed by atoms with Gasteiger partial charge in [0.15, 0.2) is 11.5 Å². The van der Waals surface area contributed by atoms with Crippen molar-refractivity contribution in [3.63, 3.8) is 0 Å². The van der Waals surface area contributed by atoms with Gasteiger partial charge in [-0.15, -0.1) is 11.3 Å². The highest BCUT2D eigenvalue weighted by Gasteiger charge is 2.16. The van der Waals surface area contributed by atoms with E-state index in [1.165, 1.54) is 37.7 Å². The number of esters is 1. The Bertz CT molecular complexity index is 656. The van der Waals surface area contributed by atoms with E-state index in [0.717, 1.165) is 9.35 Å². The monoisotopic (exact) mass is 371 g/mol. The average Bonchev–Trinajstić information content (AvgIpc) is 2.90. The highest BCUT2D eigenvalue weighted by molar-refractivity contribution is 9.10. The van der Waals surface area contributed by atoms with Crippen molar-refractivity contribution in [2.75, 3.05) is 20.0 Å². The normalized spacial score (nSPS) is 10.2. The van der Waals surface area contributed by atoms with E-state index in [4.69, 9.17) is 19.9 Å². The van der Waals surface area contributed by atoms with E-state index >= 15 is 0 Å². The Hall–Kier alpha value is -1.73. The maximum atomic E-state index is 12.1. The first-order chi connectivity index (χ1) is 10.0. The number of carbonyl (C=O) groups excluding carboxylic acids is 1. The van der Waals surface area contributed by atoms with Crippen LogP contribution in [0.2, 0.25) is 0 Å². The molecule has 0 atom stereocenters. The fourth-order valence-corrected chi connectivity index (χ4v) is 3.08. The first kappa shape index (κ1) is 15.7. The summed E-state index contributed by atoms with van der Waals surface area (Å²) in [5, 5.41) is 1.92. The summed E-state index contributed by atoms with van der Waals surface area (Å²) in [7, 11) is 3.00. The molecule has 0 unspecified atom stereocenters. The molecule has 5 nitrogen and oxygen atoms in total. The molecule has 1 aromatic heterocycles. The Balaban J connectivity index is 2.15. The molecule has 1 heterocycles. The lowest BCUT2D eigenvalue weighted by Gasteiger charge is -2.12. The summed E-state index contributed by atoms with van der Waals surface area (Å²) in [6, 6.07) is 4.95. The minimum atomic E-state index is -0.502. The van der Waals surface area contributed by atoms with Crippen molar-refractivity contribution in [2.45, 2.75) is 6.61 Å². The number of rotatable bonds is 5. The quantitative estimate of drug-likeness (QED) is 0.643. The van der Waals surface area contributed by atoms with Crippen molar-refractivity contribution in [2.24, 2.45) is 0 Å². The van der Waals surface area contributed by atoms with Gasteiger partial charge in [-0.3, -0.25) is 0 Å². The van der Waals surface area contributed by atoms with Crippen molar-refractivity contribution < 1.29 is 19.0 Å². The van der Waals surface area contributed by atoms with Crippen LogP contribution in [0.15, 0.2) is 28.1 Å². The van der Waals surface area contributed by atoms with Crippen LogP contribution in [0, 0.1) is 0 Å². The number of carbonyl (C=O) groups is 1. The van der Waals surface area contributed by atoms with Crippen LogP contribution in [0.3, 0.4) is 0 Å². The van der Waals surface area contributed by atoms with Gasteiger partial charge < -0.3 is 19.9 Å². The highest BCUT2D eigenvalue weighted by atomic mass is 79.9. The Kier molecular flexibility index (Phi) is 5.08. The Morgan fingerprint density at radius 1 is 1.24 bits per heavy atom. The second-order valence-electron chi connectivity index (χ2n) is 4.10. The molecule has 21 heavy (non-hydrogen) atoms. The third kappa shape index (κ3) is 3.68. The minimum Gasteiger partial charge on any atom is -0.493 e. The fourth-order valence-electron chi connectivity index (χ4n) is 1.72. The molecule has 0 fully saturated rings. The van der Waals surface area contributed by atoms with Crippen LogP contribution in [-0.4, -0.2) is 20.2 Å². The maximum Gasteiger partial charge on any atom is 0.340 e. The van der Waals surface area contributed by atoms with E-state index in [0.29, 0.717) is 11.5 Å². The van der Waals surface area contributed by atoms with E-state index < -0.39 is 5.97 Å². The van der Waals surface area contributed by atoms with Gasteiger partial charge >= 0.3 is 5.97 Å². The third-order valence-corrected chi connectivity index (χ3v) is 4.41. The van der Waals surface area contributed by atoms with Crippen LogP contribution >= 0.6 is 27.3 Å². The number of benzene rings is 1. The molecule has 2 rings (SSSR count). The van der Waals surface area contributed by atoms with Crippen LogP contribution in [0.4, 0.5) is 5.69 Å². The van der Waals surface area contributed by atoms with Crippen LogP contribution in [0.1, 0.15) is 15.2 Å². The number of methoxy groups -OCH3 is 2. The topological polar surface area (TPSA) is 70.8 Å². The van der Waals surface area contributed by atoms with Gasteiger partial charge in [0.1, 0.15) is 6.61 Å². The second-order valence-corrected chi connectivity index (χ2v) is 6.01. The second kappa shape index (κ2) is 6.82. The molecule has 0 aliphatic carbocycles. The number of halogens is 1. The number of ether oxygens (including phenoxy) is 3. The highest BCUT2D eigenvalue weighted by Crippen LogP contribution is 2.32. The largest absolute Gasteiger partial charge is 0.493 e. The average molecular weight is 372 g/mol. The van der Waals surface area contributed by atoms with Crippen molar-refractivity contribution in [3.8, 4) is 11.5 Å². The summed E-state index contributed by atoms with van der Waals surface area (Å²) in [5.41, 5.74) is 6.39. The van der Waals surface area contributed by atoms with Gasteiger partial charge in [-0.2, -0.15) is 0 Å². The first-order valence-corrected chi connectivity index (χ1v) is 7.64. The fraction of sp³-hybridized carbons (Fsp3) is 0.214. The molecule has 0 radical (unpaired) electrons. The van der Waals surface area contributed by atoms with Crippen molar-refractivity contribution in [3.05, 3.63) is 38.5 Å². The predicted octanol–water partition coefficient (Wildman–Crippen LogP) is 3.47. The van der Waals surface area contributed by atoms with Gasteiger partial charge in [0.05, 0.1) is 25.5 Å². The summed E-state index contributed by atoms with van der Waals surface area (Å²) in [4.78, 5) is 13.0. The summed E-state index contributed by atoms with van der Waals surface area (Å²) in [6.45, 7) is 0.197.